The average Bonchev–Trinajstić information content (AvgIpc) is 1.81. The summed E-state index contributed by atoms with van der Waals surface area (Å²) in [6.07, 6.45) is 2.67. The zero-order valence-electron chi connectivity index (χ0n) is 6.02. The summed E-state index contributed by atoms with van der Waals surface area (Å²) in [7, 11) is 0. The minimum absolute atomic E-state index is 0.404. The first-order chi connectivity index (χ1) is 4.56. The van der Waals surface area contributed by atoms with Crippen LogP contribution in [0.3, 0.4) is 0 Å². The van der Waals surface area contributed by atoms with Crippen LogP contribution in [0, 0.1) is 5.41 Å². The first-order valence-corrected chi connectivity index (χ1v) is 3.40. The number of carbonyl (C=O) groups is 2. The second-order valence-corrected chi connectivity index (χ2v) is 3.11. The zero-order valence-corrected chi connectivity index (χ0v) is 6.02. The highest BCUT2D eigenvalue weighted by Gasteiger charge is 2.41. The van der Waals surface area contributed by atoms with Gasteiger partial charge in [0.1, 0.15) is 0 Å². The molecule has 0 aromatic rings. The summed E-state index contributed by atoms with van der Waals surface area (Å²) in [5.74, 6) is -1.19. The molecule has 56 valence electrons. The van der Waals surface area contributed by atoms with Crippen molar-refractivity contribution in [3.8, 4) is 0 Å². The topological polar surface area (TPSA) is 60.2 Å². The predicted molar refractivity (Wildman–Crippen MR) is 36.2 cm³/mol. The summed E-state index contributed by atoms with van der Waals surface area (Å²) in [6, 6.07) is 0. The van der Waals surface area contributed by atoms with Crippen LogP contribution >= 0.6 is 0 Å². The summed E-state index contributed by atoms with van der Waals surface area (Å²) in [5, 5.41) is 0. The van der Waals surface area contributed by atoms with Crippen molar-refractivity contribution in [3.05, 3.63) is 0 Å². The van der Waals surface area contributed by atoms with Crippen molar-refractivity contribution in [2.75, 3.05) is 0 Å². The summed E-state index contributed by atoms with van der Waals surface area (Å²) < 4.78 is 0. The summed E-state index contributed by atoms with van der Waals surface area (Å²) >= 11 is 0. The van der Waals surface area contributed by atoms with Crippen molar-refractivity contribution in [2.45, 2.75) is 26.2 Å². The maximum Gasteiger partial charge on any atom is 0.285 e. The van der Waals surface area contributed by atoms with Crippen LogP contribution in [0.25, 0.3) is 0 Å². The molecule has 0 radical (unpaired) electrons. The van der Waals surface area contributed by atoms with Gasteiger partial charge in [0.25, 0.3) is 5.91 Å². The van der Waals surface area contributed by atoms with Gasteiger partial charge in [0, 0.05) is 5.41 Å². The summed E-state index contributed by atoms with van der Waals surface area (Å²) in [5.41, 5.74) is 4.43. The van der Waals surface area contributed by atoms with Crippen LogP contribution in [0.2, 0.25) is 0 Å². The Morgan fingerprint density at radius 3 is 2.00 bits per heavy atom. The van der Waals surface area contributed by atoms with Gasteiger partial charge in [-0.05, 0) is 12.8 Å². The van der Waals surface area contributed by atoms with Crippen molar-refractivity contribution in [1.29, 1.82) is 0 Å². The van der Waals surface area contributed by atoms with E-state index < -0.39 is 17.1 Å². The van der Waals surface area contributed by atoms with Crippen molar-refractivity contribution in [2.24, 2.45) is 11.1 Å². The number of hydrogen-bond donors (Lipinski definition) is 1. The molecule has 0 aliphatic heterocycles. The maximum atomic E-state index is 11.0. The highest BCUT2D eigenvalue weighted by Crippen LogP contribution is 2.40. The van der Waals surface area contributed by atoms with Gasteiger partial charge < -0.3 is 5.73 Å². The molecule has 1 fully saturated rings. The molecular weight excluding hydrogens is 130 g/mol. The van der Waals surface area contributed by atoms with E-state index in [1.54, 1.807) is 6.92 Å². The molecule has 2 N–H and O–H groups in total. The Kier molecular flexibility index (Phi) is 1.50. The molecule has 0 atom stereocenters. The fourth-order valence-electron chi connectivity index (χ4n) is 1.23. The van der Waals surface area contributed by atoms with Gasteiger partial charge in [-0.1, -0.05) is 13.3 Å². The third-order valence-corrected chi connectivity index (χ3v) is 2.23. The highest BCUT2D eigenvalue weighted by molar-refractivity contribution is 6.37. The Balaban J connectivity index is 2.64. The number of hydrogen-bond acceptors (Lipinski definition) is 2. The van der Waals surface area contributed by atoms with Crippen LogP contribution in [0.4, 0.5) is 0 Å². The maximum absolute atomic E-state index is 11.0. The van der Waals surface area contributed by atoms with Gasteiger partial charge in [0.15, 0.2) is 0 Å². The Hall–Kier alpha value is -0.860. The molecule has 1 amide bonds. The van der Waals surface area contributed by atoms with Crippen LogP contribution in [0.5, 0.6) is 0 Å². The van der Waals surface area contributed by atoms with Crippen molar-refractivity contribution < 1.29 is 9.59 Å². The largest absolute Gasteiger partial charge is 0.363 e. The molecule has 0 saturated heterocycles. The average molecular weight is 141 g/mol. The van der Waals surface area contributed by atoms with E-state index in [0.29, 0.717) is 0 Å². The second kappa shape index (κ2) is 2.08. The molecule has 3 nitrogen and oxygen atoms in total. The molecular formula is C7H11NO2. The molecule has 0 aromatic carbocycles. The van der Waals surface area contributed by atoms with E-state index in [-0.39, 0.29) is 0 Å². The Morgan fingerprint density at radius 1 is 1.40 bits per heavy atom. The molecule has 0 aromatic heterocycles. The van der Waals surface area contributed by atoms with Crippen LogP contribution in [-0.2, 0) is 9.59 Å². The van der Waals surface area contributed by atoms with Gasteiger partial charge in [-0.25, -0.2) is 0 Å². The molecule has 1 saturated carbocycles. The molecule has 10 heavy (non-hydrogen) atoms. The van der Waals surface area contributed by atoms with E-state index in [2.05, 4.69) is 0 Å². The number of carbonyl (C=O) groups excluding carboxylic acids is 2. The fourth-order valence-corrected chi connectivity index (χ4v) is 1.23. The third kappa shape index (κ3) is 0.916. The Bertz CT molecular complexity index is 182. The highest BCUT2D eigenvalue weighted by atomic mass is 16.2. The molecule has 0 spiro atoms. The lowest BCUT2D eigenvalue weighted by atomic mass is 9.67. The monoisotopic (exact) mass is 141 g/mol. The van der Waals surface area contributed by atoms with Crippen LogP contribution in [0.15, 0.2) is 0 Å². The number of primary amides is 1. The number of Topliss-reactive ketones (excluding diaryl/α,β-unsaturated/α-hetero) is 1. The zero-order chi connectivity index (χ0) is 7.78. The first kappa shape index (κ1) is 7.25. The minimum atomic E-state index is -0.790. The third-order valence-electron chi connectivity index (χ3n) is 2.23. The lowest BCUT2D eigenvalue weighted by Crippen LogP contribution is -2.42. The molecule has 1 aliphatic carbocycles. The van der Waals surface area contributed by atoms with E-state index in [0.717, 1.165) is 19.3 Å². The molecule has 0 bridgehead atoms. The lowest BCUT2D eigenvalue weighted by Gasteiger charge is -2.35. The van der Waals surface area contributed by atoms with Gasteiger partial charge in [0.2, 0.25) is 5.78 Å². The minimum Gasteiger partial charge on any atom is -0.363 e. The first-order valence-electron chi connectivity index (χ1n) is 3.40. The molecule has 1 rings (SSSR count). The van der Waals surface area contributed by atoms with E-state index in [1.165, 1.54) is 0 Å². The smallest absolute Gasteiger partial charge is 0.285 e. The van der Waals surface area contributed by atoms with E-state index in [1.807, 2.05) is 0 Å². The second-order valence-electron chi connectivity index (χ2n) is 3.11. The van der Waals surface area contributed by atoms with E-state index >= 15 is 0 Å². The number of ketones is 1. The van der Waals surface area contributed by atoms with Gasteiger partial charge in [0.05, 0.1) is 0 Å². The molecule has 0 heterocycles. The van der Waals surface area contributed by atoms with Gasteiger partial charge >= 0.3 is 0 Å². The number of rotatable bonds is 2. The fraction of sp³-hybridized carbons (Fsp3) is 0.714. The summed E-state index contributed by atoms with van der Waals surface area (Å²) in [4.78, 5) is 21.4. The summed E-state index contributed by atoms with van der Waals surface area (Å²) in [6.45, 7) is 1.80. The van der Waals surface area contributed by atoms with Gasteiger partial charge in [-0.2, -0.15) is 0 Å². The lowest BCUT2D eigenvalue weighted by molar-refractivity contribution is -0.144. The Morgan fingerprint density at radius 2 is 1.90 bits per heavy atom. The predicted octanol–water partition coefficient (Wildman–Crippen LogP) is 0.231. The van der Waals surface area contributed by atoms with E-state index in [9.17, 15) is 9.59 Å². The molecule has 3 heteroatoms. The number of nitrogens with two attached hydrogens (primary N) is 1. The molecule has 1 aliphatic rings. The Labute approximate surface area is 59.6 Å². The van der Waals surface area contributed by atoms with Crippen LogP contribution in [-0.4, -0.2) is 11.7 Å². The van der Waals surface area contributed by atoms with Crippen molar-refractivity contribution >= 4 is 11.7 Å². The standard InChI is InChI=1S/C7H11NO2/c1-7(3-2-4-7)5(9)6(8)10/h2-4H2,1H3,(H2,8,10). The van der Waals surface area contributed by atoms with E-state index in [4.69, 9.17) is 5.73 Å². The van der Waals surface area contributed by atoms with Crippen molar-refractivity contribution in [1.82, 2.24) is 0 Å². The van der Waals surface area contributed by atoms with Crippen LogP contribution < -0.4 is 5.73 Å². The molecule has 0 unspecified atom stereocenters. The SMILES string of the molecule is CC1(C(=O)C(N)=O)CCC1. The normalized spacial score (nSPS) is 21.3. The van der Waals surface area contributed by atoms with Crippen LogP contribution in [0.1, 0.15) is 26.2 Å². The van der Waals surface area contributed by atoms with Crippen molar-refractivity contribution in [3.63, 3.8) is 0 Å². The number of amides is 1. The van der Waals surface area contributed by atoms with Gasteiger partial charge in [-0.3, -0.25) is 9.59 Å². The van der Waals surface area contributed by atoms with Gasteiger partial charge in [-0.15, -0.1) is 0 Å². The quantitative estimate of drug-likeness (QED) is 0.559.